The maximum atomic E-state index is 12.4. The Hall–Kier alpha value is -2.93. The number of carbonyl (C=O) groups excluding carboxylic acids is 2. The van der Waals surface area contributed by atoms with Gasteiger partial charge in [0.05, 0.1) is 6.10 Å². The van der Waals surface area contributed by atoms with E-state index in [1.807, 2.05) is 20.8 Å². The molecule has 0 heterocycles. The van der Waals surface area contributed by atoms with Crippen molar-refractivity contribution in [2.24, 2.45) is 0 Å². The Morgan fingerprint density at radius 1 is 1.03 bits per heavy atom. The van der Waals surface area contributed by atoms with Gasteiger partial charge in [-0.05, 0) is 68.9 Å². The van der Waals surface area contributed by atoms with E-state index in [0.29, 0.717) is 29.1 Å². The quantitative estimate of drug-likeness (QED) is 0.545. The highest BCUT2D eigenvalue weighted by Gasteiger charge is 2.10. The number of hydrogen-bond acceptors (Lipinski definition) is 4. The Morgan fingerprint density at radius 3 is 2.41 bits per heavy atom. The van der Waals surface area contributed by atoms with Gasteiger partial charge in [0.25, 0.3) is 5.91 Å². The third-order valence-corrected chi connectivity index (χ3v) is 4.06. The van der Waals surface area contributed by atoms with E-state index in [9.17, 15) is 9.59 Å². The lowest BCUT2D eigenvalue weighted by Crippen LogP contribution is -2.34. The molecule has 0 aliphatic carbocycles. The Morgan fingerprint density at radius 2 is 1.72 bits per heavy atom. The largest absolute Gasteiger partial charge is 0.491 e. The predicted octanol–water partition coefficient (Wildman–Crippen LogP) is 4.73. The highest BCUT2D eigenvalue weighted by atomic mass is 32.1. The molecule has 0 aliphatic rings. The molecule has 154 valence electrons. The minimum Gasteiger partial charge on any atom is -0.491 e. The van der Waals surface area contributed by atoms with Crippen molar-refractivity contribution >= 4 is 40.5 Å². The summed E-state index contributed by atoms with van der Waals surface area (Å²) in [6.45, 7) is 5.89. The Bertz CT molecular complexity index is 868. The maximum absolute atomic E-state index is 12.4. The number of nitrogens with one attached hydrogen (secondary N) is 3. The van der Waals surface area contributed by atoms with E-state index in [1.54, 1.807) is 48.5 Å². The van der Waals surface area contributed by atoms with Crippen molar-refractivity contribution in [3.63, 3.8) is 0 Å². The SMILES string of the molecule is CCCCC(=O)Nc1cccc(NC(=S)NC(=O)c2cccc(OC(C)C)c2)c1. The number of thiocarbonyl (C=S) groups is 1. The van der Waals surface area contributed by atoms with Crippen molar-refractivity contribution in [3.05, 3.63) is 54.1 Å². The number of benzene rings is 2. The molecule has 0 bridgehead atoms. The average molecular weight is 414 g/mol. The number of anilines is 2. The molecule has 0 aliphatic heterocycles. The van der Waals surface area contributed by atoms with E-state index in [-0.39, 0.29) is 23.0 Å². The summed E-state index contributed by atoms with van der Waals surface area (Å²) in [5.41, 5.74) is 1.79. The highest BCUT2D eigenvalue weighted by molar-refractivity contribution is 7.80. The van der Waals surface area contributed by atoms with Crippen LogP contribution in [-0.2, 0) is 4.79 Å². The summed E-state index contributed by atoms with van der Waals surface area (Å²) in [6, 6.07) is 14.1. The normalized spacial score (nSPS) is 10.3. The summed E-state index contributed by atoms with van der Waals surface area (Å²) in [5, 5.41) is 8.64. The van der Waals surface area contributed by atoms with Crippen LogP contribution in [0.15, 0.2) is 48.5 Å². The van der Waals surface area contributed by atoms with E-state index in [1.165, 1.54) is 0 Å². The first-order valence-electron chi connectivity index (χ1n) is 9.66. The van der Waals surface area contributed by atoms with Crippen LogP contribution in [0.1, 0.15) is 50.4 Å². The maximum Gasteiger partial charge on any atom is 0.257 e. The fourth-order valence-electron chi connectivity index (χ4n) is 2.56. The summed E-state index contributed by atoms with van der Waals surface area (Å²) >= 11 is 5.24. The Balaban J connectivity index is 1.94. The molecule has 0 saturated carbocycles. The van der Waals surface area contributed by atoms with Crippen LogP contribution < -0.4 is 20.7 Å². The fraction of sp³-hybridized carbons (Fsp3) is 0.318. The first kappa shape index (κ1) is 22.4. The Labute approximate surface area is 177 Å². The average Bonchev–Trinajstić information content (AvgIpc) is 2.66. The molecular weight excluding hydrogens is 386 g/mol. The minimum atomic E-state index is -0.333. The standard InChI is InChI=1S/C22H27N3O3S/c1-4-5-12-20(26)23-17-9-7-10-18(14-17)24-22(29)25-21(27)16-8-6-11-19(13-16)28-15(2)3/h6-11,13-15H,4-5,12H2,1-3H3,(H,23,26)(H2,24,25,27,29). The van der Waals surface area contributed by atoms with Crippen LogP contribution in [0.3, 0.4) is 0 Å². The van der Waals surface area contributed by atoms with Gasteiger partial charge in [-0.3, -0.25) is 14.9 Å². The minimum absolute atomic E-state index is 0.0193. The molecule has 2 aromatic carbocycles. The third kappa shape index (κ3) is 7.91. The number of carbonyl (C=O) groups is 2. The monoisotopic (exact) mass is 413 g/mol. The first-order chi connectivity index (χ1) is 13.9. The van der Waals surface area contributed by atoms with E-state index in [4.69, 9.17) is 17.0 Å². The molecule has 0 aromatic heterocycles. The molecule has 0 radical (unpaired) electrons. The van der Waals surface area contributed by atoms with Crippen LogP contribution in [-0.4, -0.2) is 23.0 Å². The van der Waals surface area contributed by atoms with Crippen molar-refractivity contribution in [2.75, 3.05) is 10.6 Å². The zero-order valence-electron chi connectivity index (χ0n) is 17.0. The summed E-state index contributed by atoms with van der Waals surface area (Å²) in [5.74, 6) is 0.266. The van der Waals surface area contributed by atoms with E-state index < -0.39 is 0 Å². The predicted molar refractivity (Wildman–Crippen MR) is 120 cm³/mol. The lowest BCUT2D eigenvalue weighted by Gasteiger charge is -2.13. The lowest BCUT2D eigenvalue weighted by molar-refractivity contribution is -0.116. The molecule has 0 unspecified atom stereocenters. The smallest absolute Gasteiger partial charge is 0.257 e. The van der Waals surface area contributed by atoms with Crippen LogP contribution in [0.4, 0.5) is 11.4 Å². The van der Waals surface area contributed by atoms with Crippen LogP contribution in [0.2, 0.25) is 0 Å². The van der Waals surface area contributed by atoms with Gasteiger partial charge in [-0.15, -0.1) is 0 Å². The van der Waals surface area contributed by atoms with Gasteiger partial charge < -0.3 is 15.4 Å². The molecule has 2 aromatic rings. The van der Waals surface area contributed by atoms with Crippen molar-refractivity contribution in [2.45, 2.75) is 46.1 Å². The van der Waals surface area contributed by atoms with Crippen LogP contribution in [0, 0.1) is 0 Å². The molecule has 0 spiro atoms. The lowest BCUT2D eigenvalue weighted by atomic mass is 10.2. The molecule has 0 fully saturated rings. The molecular formula is C22H27N3O3S. The Kier molecular flexibility index (Phi) is 8.61. The fourth-order valence-corrected chi connectivity index (χ4v) is 2.77. The molecule has 0 atom stereocenters. The number of amides is 2. The van der Waals surface area contributed by atoms with Gasteiger partial charge in [0.2, 0.25) is 5.91 Å². The van der Waals surface area contributed by atoms with E-state index >= 15 is 0 Å². The van der Waals surface area contributed by atoms with Gasteiger partial charge in [-0.25, -0.2) is 0 Å². The topological polar surface area (TPSA) is 79.5 Å². The zero-order chi connectivity index (χ0) is 21.2. The van der Waals surface area contributed by atoms with E-state index in [0.717, 1.165) is 12.8 Å². The van der Waals surface area contributed by atoms with Crippen molar-refractivity contribution < 1.29 is 14.3 Å². The summed E-state index contributed by atoms with van der Waals surface area (Å²) in [4.78, 5) is 24.3. The molecule has 2 rings (SSSR count). The van der Waals surface area contributed by atoms with Crippen LogP contribution in [0.5, 0.6) is 5.75 Å². The number of hydrogen-bond donors (Lipinski definition) is 3. The molecule has 2 amide bonds. The zero-order valence-corrected chi connectivity index (χ0v) is 17.8. The number of unbranched alkanes of at least 4 members (excludes halogenated alkanes) is 1. The third-order valence-electron chi connectivity index (χ3n) is 3.86. The second-order valence-electron chi connectivity index (χ2n) is 6.84. The van der Waals surface area contributed by atoms with Gasteiger partial charge in [0.1, 0.15) is 5.75 Å². The van der Waals surface area contributed by atoms with Crippen LogP contribution >= 0.6 is 12.2 Å². The van der Waals surface area contributed by atoms with Gasteiger partial charge in [-0.2, -0.15) is 0 Å². The molecule has 3 N–H and O–H groups in total. The van der Waals surface area contributed by atoms with Crippen molar-refractivity contribution in [3.8, 4) is 5.75 Å². The van der Waals surface area contributed by atoms with Gasteiger partial charge >= 0.3 is 0 Å². The molecule has 7 heteroatoms. The van der Waals surface area contributed by atoms with Crippen LogP contribution in [0.25, 0.3) is 0 Å². The van der Waals surface area contributed by atoms with Crippen molar-refractivity contribution in [1.82, 2.24) is 5.32 Å². The first-order valence-corrected chi connectivity index (χ1v) is 10.1. The number of ether oxygens (including phenoxy) is 1. The summed E-state index contributed by atoms with van der Waals surface area (Å²) < 4.78 is 5.61. The molecule has 6 nitrogen and oxygen atoms in total. The summed E-state index contributed by atoms with van der Waals surface area (Å²) in [6.07, 6.45) is 2.33. The molecule has 0 saturated heterocycles. The van der Waals surface area contributed by atoms with Gasteiger partial charge in [0, 0.05) is 23.4 Å². The summed E-state index contributed by atoms with van der Waals surface area (Å²) in [7, 11) is 0. The van der Waals surface area contributed by atoms with Gasteiger partial charge in [0.15, 0.2) is 5.11 Å². The number of rotatable bonds is 8. The highest BCUT2D eigenvalue weighted by Crippen LogP contribution is 2.17. The van der Waals surface area contributed by atoms with Crippen molar-refractivity contribution in [1.29, 1.82) is 0 Å². The van der Waals surface area contributed by atoms with Gasteiger partial charge in [-0.1, -0.05) is 25.5 Å². The molecule has 29 heavy (non-hydrogen) atoms. The second-order valence-corrected chi connectivity index (χ2v) is 7.24. The van der Waals surface area contributed by atoms with E-state index in [2.05, 4.69) is 16.0 Å². The second kappa shape index (κ2) is 11.2.